The molecule has 0 saturated carbocycles. The summed E-state index contributed by atoms with van der Waals surface area (Å²) in [6.07, 6.45) is 1.42. The maximum atomic E-state index is 12.9. The molecule has 4 nitrogen and oxygen atoms in total. The van der Waals surface area contributed by atoms with E-state index in [-0.39, 0.29) is 11.4 Å². The lowest BCUT2D eigenvalue weighted by atomic mass is 10.2. The van der Waals surface area contributed by atoms with E-state index in [1.165, 1.54) is 36.5 Å². The van der Waals surface area contributed by atoms with Crippen molar-refractivity contribution in [2.45, 2.75) is 0 Å². The first kappa shape index (κ1) is 11.7. The number of hydrogen-bond donors (Lipinski definition) is 1. The first-order valence-electron chi connectivity index (χ1n) is 5.12. The van der Waals surface area contributed by atoms with Gasteiger partial charge in [-0.15, -0.1) is 0 Å². The summed E-state index contributed by atoms with van der Waals surface area (Å²) in [6, 6.07) is 10.2. The van der Waals surface area contributed by atoms with E-state index in [0.717, 1.165) is 6.07 Å². The predicted molar refractivity (Wildman–Crippen MR) is 63.3 cm³/mol. The number of rotatable bonds is 2. The SMILES string of the molecule is N#Cc1ccnc(NC(=O)c2cccc(F)c2)c1. The van der Waals surface area contributed by atoms with Gasteiger partial charge in [-0.2, -0.15) is 5.26 Å². The van der Waals surface area contributed by atoms with E-state index in [9.17, 15) is 9.18 Å². The third-order valence-electron chi connectivity index (χ3n) is 2.22. The van der Waals surface area contributed by atoms with Gasteiger partial charge in [0.15, 0.2) is 0 Å². The normalized spacial score (nSPS) is 9.56. The van der Waals surface area contributed by atoms with Crippen LogP contribution in [0.15, 0.2) is 42.6 Å². The summed E-state index contributed by atoms with van der Waals surface area (Å²) in [7, 11) is 0. The fraction of sp³-hybridized carbons (Fsp3) is 0. The zero-order valence-corrected chi connectivity index (χ0v) is 9.22. The van der Waals surface area contributed by atoms with E-state index < -0.39 is 11.7 Å². The molecule has 1 N–H and O–H groups in total. The van der Waals surface area contributed by atoms with Crippen LogP contribution in [-0.4, -0.2) is 10.9 Å². The number of halogens is 1. The maximum Gasteiger partial charge on any atom is 0.256 e. The van der Waals surface area contributed by atoms with Gasteiger partial charge in [-0.1, -0.05) is 6.07 Å². The van der Waals surface area contributed by atoms with Crippen LogP contribution in [0.2, 0.25) is 0 Å². The Kier molecular flexibility index (Phi) is 3.30. The Hall–Kier alpha value is -2.74. The van der Waals surface area contributed by atoms with E-state index in [0.29, 0.717) is 5.56 Å². The summed E-state index contributed by atoms with van der Waals surface area (Å²) in [5.41, 5.74) is 0.582. The molecule has 0 spiro atoms. The lowest BCUT2D eigenvalue weighted by molar-refractivity contribution is 0.102. The second-order valence-electron chi connectivity index (χ2n) is 3.51. The van der Waals surface area contributed by atoms with Crippen molar-refractivity contribution in [3.8, 4) is 6.07 Å². The topological polar surface area (TPSA) is 65.8 Å². The van der Waals surface area contributed by atoms with Crippen LogP contribution in [0, 0.1) is 17.1 Å². The molecule has 0 saturated heterocycles. The summed E-state index contributed by atoms with van der Waals surface area (Å²) in [5.74, 6) is -0.707. The average molecular weight is 241 g/mol. The molecule has 1 amide bonds. The fourth-order valence-electron chi connectivity index (χ4n) is 1.39. The number of benzene rings is 1. The summed E-state index contributed by atoms with van der Waals surface area (Å²) in [5, 5.41) is 11.2. The second kappa shape index (κ2) is 5.06. The minimum atomic E-state index is -0.485. The lowest BCUT2D eigenvalue weighted by Crippen LogP contribution is -2.13. The number of carbonyl (C=O) groups excluding carboxylic acids is 1. The molecule has 1 heterocycles. The molecule has 0 fully saturated rings. The molecule has 0 aliphatic heterocycles. The summed E-state index contributed by atoms with van der Waals surface area (Å²) < 4.78 is 12.9. The number of anilines is 1. The molecular formula is C13H8FN3O. The predicted octanol–water partition coefficient (Wildman–Crippen LogP) is 2.34. The summed E-state index contributed by atoms with van der Waals surface area (Å²) in [6.45, 7) is 0. The third kappa shape index (κ3) is 2.68. The molecule has 88 valence electrons. The number of amides is 1. The van der Waals surface area contributed by atoms with Gasteiger partial charge >= 0.3 is 0 Å². The smallest absolute Gasteiger partial charge is 0.256 e. The van der Waals surface area contributed by atoms with Crippen LogP contribution in [0.4, 0.5) is 10.2 Å². The summed E-state index contributed by atoms with van der Waals surface area (Å²) >= 11 is 0. The zero-order chi connectivity index (χ0) is 13.0. The van der Waals surface area contributed by atoms with Gasteiger partial charge in [-0.05, 0) is 30.3 Å². The second-order valence-corrected chi connectivity index (χ2v) is 3.51. The Morgan fingerprint density at radius 2 is 2.17 bits per heavy atom. The Labute approximate surface area is 103 Å². The molecular weight excluding hydrogens is 233 g/mol. The van der Waals surface area contributed by atoms with Crippen molar-refractivity contribution in [1.82, 2.24) is 4.98 Å². The van der Waals surface area contributed by atoms with Crippen molar-refractivity contribution in [1.29, 1.82) is 5.26 Å². The van der Waals surface area contributed by atoms with Crippen LogP contribution >= 0.6 is 0 Å². The zero-order valence-electron chi connectivity index (χ0n) is 9.22. The van der Waals surface area contributed by atoms with Gasteiger partial charge in [0.25, 0.3) is 5.91 Å². The highest BCUT2D eigenvalue weighted by molar-refractivity contribution is 6.03. The number of nitrogens with one attached hydrogen (secondary N) is 1. The van der Waals surface area contributed by atoms with Crippen molar-refractivity contribution >= 4 is 11.7 Å². The van der Waals surface area contributed by atoms with E-state index in [2.05, 4.69) is 10.3 Å². The Morgan fingerprint density at radius 1 is 1.33 bits per heavy atom. The largest absolute Gasteiger partial charge is 0.307 e. The number of pyridine rings is 1. The fourth-order valence-corrected chi connectivity index (χ4v) is 1.39. The van der Waals surface area contributed by atoms with Crippen LogP contribution in [-0.2, 0) is 0 Å². The van der Waals surface area contributed by atoms with Gasteiger partial charge < -0.3 is 5.32 Å². The van der Waals surface area contributed by atoms with E-state index in [1.54, 1.807) is 0 Å². The lowest BCUT2D eigenvalue weighted by Gasteiger charge is -2.04. The highest BCUT2D eigenvalue weighted by Gasteiger charge is 2.07. The standard InChI is InChI=1S/C13H8FN3O/c14-11-3-1-2-10(7-11)13(18)17-12-6-9(8-15)4-5-16-12/h1-7H,(H,16,17,18). The molecule has 0 aliphatic carbocycles. The van der Waals surface area contributed by atoms with Crippen LogP contribution < -0.4 is 5.32 Å². The van der Waals surface area contributed by atoms with Gasteiger partial charge in [-0.3, -0.25) is 4.79 Å². The van der Waals surface area contributed by atoms with Crippen LogP contribution in [0.3, 0.4) is 0 Å². The third-order valence-corrected chi connectivity index (χ3v) is 2.22. The van der Waals surface area contributed by atoms with Gasteiger partial charge in [-0.25, -0.2) is 9.37 Å². The van der Waals surface area contributed by atoms with E-state index >= 15 is 0 Å². The molecule has 0 bridgehead atoms. The summed E-state index contributed by atoms with van der Waals surface area (Å²) in [4.78, 5) is 15.7. The van der Waals surface area contributed by atoms with Crippen LogP contribution in [0.5, 0.6) is 0 Å². The van der Waals surface area contributed by atoms with Gasteiger partial charge in [0.2, 0.25) is 0 Å². The van der Waals surface area contributed by atoms with Crippen LogP contribution in [0.25, 0.3) is 0 Å². The Bertz CT molecular complexity index is 634. The molecule has 0 aliphatic rings. The molecule has 0 radical (unpaired) electrons. The van der Waals surface area contributed by atoms with Gasteiger partial charge in [0.05, 0.1) is 11.6 Å². The Morgan fingerprint density at radius 3 is 2.89 bits per heavy atom. The van der Waals surface area contributed by atoms with Crippen molar-refractivity contribution in [2.24, 2.45) is 0 Å². The molecule has 2 rings (SSSR count). The monoisotopic (exact) mass is 241 g/mol. The molecule has 18 heavy (non-hydrogen) atoms. The molecule has 2 aromatic rings. The van der Waals surface area contributed by atoms with E-state index in [4.69, 9.17) is 5.26 Å². The van der Waals surface area contributed by atoms with Crippen LogP contribution in [0.1, 0.15) is 15.9 Å². The van der Waals surface area contributed by atoms with Crippen molar-refractivity contribution in [3.63, 3.8) is 0 Å². The minimum absolute atomic E-state index is 0.194. The van der Waals surface area contributed by atoms with Gasteiger partial charge in [0.1, 0.15) is 11.6 Å². The quantitative estimate of drug-likeness (QED) is 0.877. The number of aromatic nitrogens is 1. The van der Waals surface area contributed by atoms with Crippen molar-refractivity contribution in [2.75, 3.05) is 5.32 Å². The molecule has 1 aromatic heterocycles. The van der Waals surface area contributed by atoms with Crippen molar-refractivity contribution < 1.29 is 9.18 Å². The number of carbonyl (C=O) groups is 1. The highest BCUT2D eigenvalue weighted by atomic mass is 19.1. The van der Waals surface area contributed by atoms with Gasteiger partial charge in [0, 0.05) is 11.8 Å². The highest BCUT2D eigenvalue weighted by Crippen LogP contribution is 2.09. The first-order chi connectivity index (χ1) is 8.69. The number of nitriles is 1. The number of hydrogen-bond acceptors (Lipinski definition) is 3. The first-order valence-corrected chi connectivity index (χ1v) is 5.12. The molecule has 0 unspecified atom stereocenters. The Balaban J connectivity index is 2.19. The molecule has 1 aromatic carbocycles. The average Bonchev–Trinajstić information content (AvgIpc) is 2.39. The van der Waals surface area contributed by atoms with E-state index in [1.807, 2.05) is 6.07 Å². The molecule has 5 heteroatoms. The maximum absolute atomic E-state index is 12.9. The number of nitrogens with zero attached hydrogens (tertiary/aromatic N) is 2. The minimum Gasteiger partial charge on any atom is -0.307 e. The van der Waals surface area contributed by atoms with Crippen molar-refractivity contribution in [3.05, 3.63) is 59.5 Å². The molecule has 0 atom stereocenters.